The van der Waals surface area contributed by atoms with E-state index >= 15 is 0 Å². The van der Waals surface area contributed by atoms with Crippen LogP contribution in [0.2, 0.25) is 5.02 Å². The number of hydrogen-bond donors (Lipinski definition) is 1. The molecule has 0 amide bonds. The first-order chi connectivity index (χ1) is 9.35. The Kier molecular flexibility index (Phi) is 5.52. The van der Waals surface area contributed by atoms with Gasteiger partial charge in [0.25, 0.3) is 0 Å². The van der Waals surface area contributed by atoms with Crippen LogP contribution in [0.15, 0.2) is 12.1 Å². The highest BCUT2D eigenvalue weighted by Gasteiger charge is 2.48. The van der Waals surface area contributed by atoms with Crippen molar-refractivity contribution in [2.45, 2.75) is 37.7 Å². The van der Waals surface area contributed by atoms with Gasteiger partial charge in [-0.25, -0.2) is 8.78 Å². The van der Waals surface area contributed by atoms with Gasteiger partial charge in [0, 0.05) is 11.4 Å². The fourth-order valence-corrected chi connectivity index (χ4v) is 2.36. The van der Waals surface area contributed by atoms with E-state index in [1.807, 2.05) is 0 Å². The lowest BCUT2D eigenvalue weighted by Crippen LogP contribution is -2.46. The van der Waals surface area contributed by atoms with Crippen LogP contribution in [-0.2, 0) is 11.4 Å². The van der Waals surface area contributed by atoms with E-state index in [0.29, 0.717) is 6.07 Å². The van der Waals surface area contributed by atoms with Crippen LogP contribution in [0.25, 0.3) is 0 Å². The molecule has 0 spiro atoms. The summed E-state index contributed by atoms with van der Waals surface area (Å²) in [4.78, 5) is 0. The van der Waals surface area contributed by atoms with Gasteiger partial charge in [0.2, 0.25) is 0 Å². The quantitative estimate of drug-likeness (QED) is 0.502. The zero-order valence-electron chi connectivity index (χ0n) is 11.3. The van der Waals surface area contributed by atoms with Crippen LogP contribution in [0.3, 0.4) is 0 Å². The van der Waals surface area contributed by atoms with E-state index in [1.54, 1.807) is 4.72 Å². The summed E-state index contributed by atoms with van der Waals surface area (Å²) in [6, 6.07) is -1.33. The molecule has 0 unspecified atom stereocenters. The lowest BCUT2D eigenvalue weighted by molar-refractivity contribution is -0.154. The molecule has 0 aliphatic carbocycles. The van der Waals surface area contributed by atoms with Crippen LogP contribution in [0, 0.1) is 11.6 Å². The summed E-state index contributed by atoms with van der Waals surface area (Å²) in [7, 11) is 0. The second kappa shape index (κ2) is 6.28. The van der Waals surface area contributed by atoms with Crippen molar-refractivity contribution in [1.29, 1.82) is 0 Å². The maximum Gasteiger partial charge on any atom is 0.412 e. The average Bonchev–Trinajstić information content (AvgIpc) is 2.30. The third-order valence-corrected chi connectivity index (χ3v) is 4.33. The summed E-state index contributed by atoms with van der Waals surface area (Å²) in [6.45, 7) is 4.27. The highest BCUT2D eigenvalue weighted by Crippen LogP contribution is 2.38. The van der Waals surface area contributed by atoms with E-state index in [4.69, 9.17) is 11.6 Å². The molecule has 2 nitrogen and oxygen atoms in total. The summed E-state index contributed by atoms with van der Waals surface area (Å²) in [6.07, 6.45) is -5.05. The Morgan fingerprint density at radius 2 is 1.71 bits per heavy atom. The van der Waals surface area contributed by atoms with E-state index in [1.165, 1.54) is 20.8 Å². The molecule has 1 aromatic rings. The first-order valence-electron chi connectivity index (χ1n) is 5.74. The van der Waals surface area contributed by atoms with Crippen LogP contribution >= 0.6 is 11.6 Å². The molecule has 0 saturated carbocycles. The molecule has 1 N–H and O–H groups in total. The lowest BCUT2D eigenvalue weighted by atomic mass is 10.1. The van der Waals surface area contributed by atoms with Gasteiger partial charge in [0.05, 0.1) is 10.6 Å². The standard InChI is InChI=1S/C12H13ClF5NOS/c1-11(2,3)21(20)19-10(12(16,17)18)8-7(14)5-4-6(13)9(8)15/h4-5,10,19H,1-3H3/t10-,21+/m1/s1. The second-order valence-corrected chi connectivity index (χ2v) is 7.64. The Morgan fingerprint density at radius 3 is 2.14 bits per heavy atom. The molecule has 1 aromatic carbocycles. The molecule has 0 bridgehead atoms. The van der Waals surface area contributed by atoms with Gasteiger partial charge in [-0.05, 0) is 32.9 Å². The van der Waals surface area contributed by atoms with Crippen LogP contribution < -0.4 is 4.72 Å². The molecule has 0 aliphatic heterocycles. The smallest absolute Gasteiger partial charge is 0.412 e. The molecule has 1 rings (SSSR count). The second-order valence-electron chi connectivity index (χ2n) is 5.23. The number of halogens is 6. The summed E-state index contributed by atoms with van der Waals surface area (Å²) >= 11 is 3.21. The third kappa shape index (κ3) is 4.45. The lowest BCUT2D eigenvalue weighted by Gasteiger charge is -2.29. The molecule has 0 aromatic heterocycles. The molecule has 0 fully saturated rings. The molecular formula is C12H13ClF5NOS. The van der Waals surface area contributed by atoms with Crippen LogP contribution in [-0.4, -0.2) is 15.5 Å². The fraction of sp³-hybridized carbons (Fsp3) is 0.500. The normalized spacial score (nSPS) is 15.9. The Bertz CT molecular complexity index is 518. The van der Waals surface area contributed by atoms with E-state index in [9.17, 15) is 26.5 Å². The van der Waals surface area contributed by atoms with E-state index < -0.39 is 50.5 Å². The highest BCUT2D eigenvalue weighted by atomic mass is 35.5. The van der Waals surface area contributed by atoms with Crippen molar-refractivity contribution in [3.05, 3.63) is 34.4 Å². The maximum atomic E-state index is 13.8. The van der Waals surface area contributed by atoms with E-state index in [2.05, 4.69) is 0 Å². The number of nitrogens with one attached hydrogen (secondary N) is 1. The predicted octanol–water partition coefficient (Wildman–Crippen LogP) is 4.27. The zero-order valence-corrected chi connectivity index (χ0v) is 12.9. The number of alkyl halides is 3. The van der Waals surface area contributed by atoms with Gasteiger partial charge < -0.3 is 4.55 Å². The monoisotopic (exact) mass is 349 g/mol. The van der Waals surface area contributed by atoms with Crippen LogP contribution in [0.5, 0.6) is 0 Å². The van der Waals surface area contributed by atoms with Gasteiger partial charge in [-0.3, -0.25) is 0 Å². The van der Waals surface area contributed by atoms with Gasteiger partial charge in [0.15, 0.2) is 6.04 Å². The number of hydrogen-bond acceptors (Lipinski definition) is 2. The molecule has 120 valence electrons. The Balaban J connectivity index is 3.32. The van der Waals surface area contributed by atoms with Gasteiger partial charge in [-0.1, -0.05) is 11.6 Å². The number of benzene rings is 1. The zero-order chi connectivity index (χ0) is 16.6. The molecule has 0 aliphatic rings. The van der Waals surface area contributed by atoms with Crippen LogP contribution in [0.1, 0.15) is 32.4 Å². The molecule has 0 radical (unpaired) electrons. The first-order valence-corrected chi connectivity index (χ1v) is 7.26. The summed E-state index contributed by atoms with van der Waals surface area (Å²) in [5, 5.41) is -0.649. The van der Waals surface area contributed by atoms with Gasteiger partial charge in [-0.2, -0.15) is 13.2 Å². The molecular weight excluding hydrogens is 337 g/mol. The summed E-state index contributed by atoms with van der Waals surface area (Å²) in [5.74, 6) is -2.95. The van der Waals surface area contributed by atoms with Crippen molar-refractivity contribution in [3.8, 4) is 0 Å². The molecule has 21 heavy (non-hydrogen) atoms. The highest BCUT2D eigenvalue weighted by molar-refractivity contribution is 7.90. The van der Waals surface area contributed by atoms with Crippen molar-refractivity contribution in [2.75, 3.05) is 0 Å². The van der Waals surface area contributed by atoms with Gasteiger partial charge >= 0.3 is 6.18 Å². The Labute approximate surface area is 127 Å². The van der Waals surface area contributed by atoms with E-state index in [-0.39, 0.29) is 0 Å². The molecule has 2 atom stereocenters. The Morgan fingerprint density at radius 1 is 1.19 bits per heavy atom. The predicted molar refractivity (Wildman–Crippen MR) is 71.2 cm³/mol. The topological polar surface area (TPSA) is 35.1 Å². The first kappa shape index (κ1) is 18.5. The molecule has 9 heteroatoms. The SMILES string of the molecule is CC(C)(C)[S@+]([O-])N[C@H](c1c(F)ccc(Cl)c1F)C(F)(F)F. The van der Waals surface area contributed by atoms with Crippen molar-refractivity contribution >= 4 is 23.0 Å². The molecule has 0 heterocycles. The Hall–Kier alpha value is -0.570. The largest absolute Gasteiger partial charge is 0.598 e. The minimum Gasteiger partial charge on any atom is -0.598 e. The summed E-state index contributed by atoms with van der Waals surface area (Å²) < 4.78 is 79.1. The maximum absolute atomic E-state index is 13.8. The third-order valence-electron chi connectivity index (χ3n) is 2.48. The van der Waals surface area contributed by atoms with Gasteiger partial charge in [-0.15, -0.1) is 4.72 Å². The number of rotatable bonds is 3. The average molecular weight is 350 g/mol. The van der Waals surface area contributed by atoms with Crippen molar-refractivity contribution in [2.24, 2.45) is 0 Å². The van der Waals surface area contributed by atoms with Crippen molar-refractivity contribution in [3.63, 3.8) is 0 Å². The van der Waals surface area contributed by atoms with Crippen molar-refractivity contribution < 1.29 is 26.5 Å². The van der Waals surface area contributed by atoms with Gasteiger partial charge in [0.1, 0.15) is 16.4 Å². The minimum absolute atomic E-state index is 0.626. The summed E-state index contributed by atoms with van der Waals surface area (Å²) in [5.41, 5.74) is -1.30. The minimum atomic E-state index is -5.05. The van der Waals surface area contributed by atoms with Crippen LogP contribution in [0.4, 0.5) is 22.0 Å². The fourth-order valence-electron chi connectivity index (χ4n) is 1.38. The van der Waals surface area contributed by atoms with Crippen molar-refractivity contribution in [1.82, 2.24) is 4.72 Å². The molecule has 0 saturated heterocycles. The van der Waals surface area contributed by atoms with E-state index in [0.717, 1.165) is 6.07 Å².